The number of amides is 2. The van der Waals surface area contributed by atoms with Crippen LogP contribution in [0.5, 0.6) is 0 Å². The molecule has 1 atom stereocenters. The van der Waals surface area contributed by atoms with Gasteiger partial charge in [0.1, 0.15) is 5.82 Å². The van der Waals surface area contributed by atoms with E-state index in [9.17, 15) is 14.0 Å². The van der Waals surface area contributed by atoms with Crippen LogP contribution in [0.15, 0.2) is 66.7 Å². The van der Waals surface area contributed by atoms with Crippen molar-refractivity contribution in [3.05, 3.63) is 99.3 Å². The molecule has 1 saturated heterocycles. The third-order valence-electron chi connectivity index (χ3n) is 8.55. The average Bonchev–Trinajstić information content (AvgIpc) is 3.26. The molecule has 0 N–H and O–H groups in total. The maximum Gasteiger partial charge on any atom is 0.253 e. The van der Waals surface area contributed by atoms with Gasteiger partial charge < -0.3 is 14.7 Å². The van der Waals surface area contributed by atoms with Crippen LogP contribution in [-0.4, -0.2) is 61.4 Å². The van der Waals surface area contributed by atoms with Gasteiger partial charge in [-0.25, -0.2) is 4.39 Å². The molecule has 0 saturated carbocycles. The van der Waals surface area contributed by atoms with E-state index in [0.717, 1.165) is 55.7 Å². The summed E-state index contributed by atoms with van der Waals surface area (Å²) in [4.78, 5) is 31.4. The van der Waals surface area contributed by atoms with Crippen molar-refractivity contribution in [3.8, 4) is 0 Å². The first kappa shape index (κ1) is 28.6. The van der Waals surface area contributed by atoms with E-state index >= 15 is 0 Å². The molecule has 40 heavy (non-hydrogen) atoms. The zero-order valence-electron chi connectivity index (χ0n) is 22.9. The van der Waals surface area contributed by atoms with E-state index in [1.807, 2.05) is 55.6 Å². The van der Waals surface area contributed by atoms with Gasteiger partial charge in [-0.2, -0.15) is 0 Å². The minimum Gasteiger partial charge on any atom is -0.341 e. The molecule has 210 valence electrons. The number of rotatable bonds is 7. The van der Waals surface area contributed by atoms with Crippen molar-refractivity contribution in [2.75, 3.05) is 44.7 Å². The molecule has 1 unspecified atom stereocenters. The fourth-order valence-electron chi connectivity index (χ4n) is 6.24. The van der Waals surface area contributed by atoms with Crippen LogP contribution in [0, 0.1) is 5.82 Å². The lowest BCUT2D eigenvalue weighted by molar-refractivity contribution is -0.116. The number of piperidine rings is 1. The summed E-state index contributed by atoms with van der Waals surface area (Å²) in [6, 6.07) is 19.8. The number of fused-ring (bicyclic) bond motifs is 2. The highest BCUT2D eigenvalue weighted by molar-refractivity contribution is 6.42. The molecule has 3 aromatic carbocycles. The highest BCUT2D eigenvalue weighted by atomic mass is 35.5. The van der Waals surface area contributed by atoms with Crippen molar-refractivity contribution in [1.82, 2.24) is 9.80 Å². The summed E-state index contributed by atoms with van der Waals surface area (Å²) < 4.78 is 14.2. The standard InChI is InChI=1S/C32H34Cl2FN3O2/c1-22(39)38-21-32(27-19-26(35)9-11-30(27)38)13-16-37(17-14-32)15-12-25(24-8-10-28(33)29(34)18-24)20-36(2)31(40)23-6-4-3-5-7-23/h3-11,18-19,25H,12-17,20-21H2,1-2H3. The molecule has 5 rings (SSSR count). The summed E-state index contributed by atoms with van der Waals surface area (Å²) in [5.74, 6) is -0.221. The van der Waals surface area contributed by atoms with Crippen molar-refractivity contribution >= 4 is 40.7 Å². The molecule has 0 aliphatic carbocycles. The number of carbonyl (C=O) groups is 2. The first-order valence-corrected chi connectivity index (χ1v) is 14.5. The summed E-state index contributed by atoms with van der Waals surface area (Å²) >= 11 is 12.6. The molecular formula is C32H34Cl2FN3O2. The molecule has 0 bridgehead atoms. The van der Waals surface area contributed by atoms with Gasteiger partial charge in [-0.05, 0) is 92.5 Å². The second kappa shape index (κ2) is 11.9. The van der Waals surface area contributed by atoms with E-state index in [1.165, 1.54) is 6.07 Å². The SMILES string of the molecule is CC(=O)N1CC2(CCN(CCC(CN(C)C(=O)c3ccccc3)c3ccc(Cl)c(Cl)c3)CC2)c2cc(F)ccc21. The van der Waals surface area contributed by atoms with Crippen molar-refractivity contribution < 1.29 is 14.0 Å². The number of hydrogen-bond donors (Lipinski definition) is 0. The number of hydrogen-bond acceptors (Lipinski definition) is 3. The quantitative estimate of drug-likeness (QED) is 0.309. The molecule has 1 fully saturated rings. The fourth-order valence-corrected chi connectivity index (χ4v) is 6.54. The predicted molar refractivity (Wildman–Crippen MR) is 159 cm³/mol. The van der Waals surface area contributed by atoms with Crippen LogP contribution in [0.4, 0.5) is 10.1 Å². The van der Waals surface area contributed by atoms with Gasteiger partial charge in [-0.15, -0.1) is 0 Å². The van der Waals surface area contributed by atoms with Crippen LogP contribution in [0.2, 0.25) is 10.0 Å². The molecule has 2 aliphatic rings. The normalized spacial score (nSPS) is 17.1. The molecule has 3 aromatic rings. The van der Waals surface area contributed by atoms with Crippen LogP contribution < -0.4 is 4.90 Å². The second-order valence-electron chi connectivity index (χ2n) is 11.1. The lowest BCUT2D eigenvalue weighted by atomic mass is 9.74. The summed E-state index contributed by atoms with van der Waals surface area (Å²) in [6.07, 6.45) is 2.55. The Morgan fingerprint density at radius 2 is 1.73 bits per heavy atom. The van der Waals surface area contributed by atoms with Crippen LogP contribution in [0.25, 0.3) is 0 Å². The number of carbonyl (C=O) groups excluding carboxylic acids is 2. The molecule has 2 aliphatic heterocycles. The number of likely N-dealkylation sites (tertiary alicyclic amines) is 1. The van der Waals surface area contributed by atoms with E-state index in [1.54, 1.807) is 28.9 Å². The maximum absolute atomic E-state index is 14.2. The molecule has 5 nitrogen and oxygen atoms in total. The minimum absolute atomic E-state index is 0.00852. The third-order valence-corrected chi connectivity index (χ3v) is 9.28. The lowest BCUT2D eigenvalue weighted by Crippen LogP contribution is -2.46. The van der Waals surface area contributed by atoms with Gasteiger partial charge in [0.25, 0.3) is 5.91 Å². The van der Waals surface area contributed by atoms with E-state index in [4.69, 9.17) is 23.2 Å². The Kier molecular flexibility index (Phi) is 8.50. The number of halogens is 3. The maximum atomic E-state index is 14.2. The molecule has 2 amide bonds. The smallest absolute Gasteiger partial charge is 0.253 e. The molecule has 0 aromatic heterocycles. The third kappa shape index (κ3) is 5.90. The van der Waals surface area contributed by atoms with Crippen molar-refractivity contribution in [2.24, 2.45) is 0 Å². The molecule has 8 heteroatoms. The highest BCUT2D eigenvalue weighted by Gasteiger charge is 2.45. The number of nitrogens with zero attached hydrogens (tertiary/aromatic N) is 3. The monoisotopic (exact) mass is 581 g/mol. The average molecular weight is 583 g/mol. The Labute approximate surface area is 245 Å². The predicted octanol–water partition coefficient (Wildman–Crippen LogP) is 6.78. The minimum atomic E-state index is -0.260. The number of likely N-dealkylation sites (N-methyl/N-ethyl adjacent to an activating group) is 1. The first-order chi connectivity index (χ1) is 19.2. The van der Waals surface area contributed by atoms with Crippen LogP contribution in [0.3, 0.4) is 0 Å². The van der Waals surface area contributed by atoms with Gasteiger partial charge in [-0.3, -0.25) is 9.59 Å². The highest BCUT2D eigenvalue weighted by Crippen LogP contribution is 2.47. The Morgan fingerprint density at radius 3 is 2.40 bits per heavy atom. The van der Waals surface area contributed by atoms with Gasteiger partial charge >= 0.3 is 0 Å². The Balaban J connectivity index is 1.28. The number of benzene rings is 3. The zero-order chi connectivity index (χ0) is 28.4. The summed E-state index contributed by atoms with van der Waals surface area (Å²) in [7, 11) is 1.84. The zero-order valence-corrected chi connectivity index (χ0v) is 24.4. The van der Waals surface area contributed by atoms with E-state index < -0.39 is 0 Å². The number of anilines is 1. The van der Waals surface area contributed by atoms with Crippen molar-refractivity contribution in [2.45, 2.75) is 37.5 Å². The van der Waals surface area contributed by atoms with E-state index in [-0.39, 0.29) is 29.0 Å². The summed E-state index contributed by atoms with van der Waals surface area (Å²) in [5.41, 5.74) is 3.29. The lowest BCUT2D eigenvalue weighted by Gasteiger charge is -2.40. The first-order valence-electron chi connectivity index (χ1n) is 13.7. The Hall–Kier alpha value is -2.93. The Bertz CT molecular complexity index is 1390. The van der Waals surface area contributed by atoms with Crippen molar-refractivity contribution in [1.29, 1.82) is 0 Å². The van der Waals surface area contributed by atoms with Gasteiger partial charge in [0.15, 0.2) is 0 Å². The molecule has 1 spiro atoms. The molecular weight excluding hydrogens is 548 g/mol. The Morgan fingerprint density at radius 1 is 1.00 bits per heavy atom. The van der Waals surface area contributed by atoms with Gasteiger partial charge in [-0.1, -0.05) is 47.5 Å². The summed E-state index contributed by atoms with van der Waals surface area (Å²) in [6.45, 7) is 5.28. The van der Waals surface area contributed by atoms with Crippen LogP contribution in [-0.2, 0) is 10.2 Å². The van der Waals surface area contributed by atoms with Crippen LogP contribution >= 0.6 is 23.2 Å². The van der Waals surface area contributed by atoms with E-state index in [0.29, 0.717) is 28.7 Å². The largest absolute Gasteiger partial charge is 0.341 e. The van der Waals surface area contributed by atoms with Crippen LogP contribution in [0.1, 0.15) is 53.6 Å². The molecule has 2 heterocycles. The van der Waals surface area contributed by atoms with Crippen molar-refractivity contribution in [3.63, 3.8) is 0 Å². The topological polar surface area (TPSA) is 43.9 Å². The second-order valence-corrected chi connectivity index (χ2v) is 11.9. The van der Waals surface area contributed by atoms with Gasteiger partial charge in [0.05, 0.1) is 10.0 Å². The van der Waals surface area contributed by atoms with Gasteiger partial charge in [0, 0.05) is 49.6 Å². The molecule has 0 radical (unpaired) electrons. The van der Waals surface area contributed by atoms with Gasteiger partial charge in [0.2, 0.25) is 5.91 Å². The summed E-state index contributed by atoms with van der Waals surface area (Å²) in [5, 5.41) is 1.01. The fraction of sp³-hybridized carbons (Fsp3) is 0.375. The van der Waals surface area contributed by atoms with E-state index in [2.05, 4.69) is 4.90 Å².